The average Bonchev–Trinajstić information content (AvgIpc) is 3.15. The predicted octanol–water partition coefficient (Wildman–Crippen LogP) is 4.29. The van der Waals surface area contributed by atoms with E-state index in [1.165, 1.54) is 44.9 Å². The van der Waals surface area contributed by atoms with Gasteiger partial charge in [-0.1, -0.05) is 44.8 Å². The first-order valence-electron chi connectivity index (χ1n) is 9.98. The van der Waals surface area contributed by atoms with Crippen molar-refractivity contribution in [3.05, 3.63) is 12.2 Å². The molecule has 0 radical (unpaired) electrons. The molecule has 2 saturated heterocycles. The smallest absolute Gasteiger partial charge is 0.303 e. The quantitative estimate of drug-likeness (QED) is 0.389. The van der Waals surface area contributed by atoms with Gasteiger partial charge in [-0.15, -0.1) is 0 Å². The molecule has 2 bridgehead atoms. The fourth-order valence-electron chi connectivity index (χ4n) is 4.10. The minimum absolute atomic E-state index is 0.268. The van der Waals surface area contributed by atoms with Crippen LogP contribution in [0.15, 0.2) is 12.2 Å². The number of rotatable bonds is 13. The number of allylic oxidation sites excluding steroid dienone is 2. The monoisotopic (exact) mass is 337 g/mol. The topological polar surface area (TPSA) is 58.6 Å². The van der Waals surface area contributed by atoms with Gasteiger partial charge in [0.15, 0.2) is 0 Å². The summed E-state index contributed by atoms with van der Waals surface area (Å²) in [5.41, 5.74) is 0. The third-order valence-electron chi connectivity index (χ3n) is 5.42. The van der Waals surface area contributed by atoms with Crippen molar-refractivity contribution in [2.45, 2.75) is 95.8 Å². The Morgan fingerprint density at radius 1 is 1.12 bits per heavy atom. The van der Waals surface area contributed by atoms with E-state index in [9.17, 15) is 4.79 Å². The number of nitrogens with one attached hydrogen (secondary N) is 1. The van der Waals surface area contributed by atoms with Crippen LogP contribution < -0.4 is 5.32 Å². The summed E-state index contributed by atoms with van der Waals surface area (Å²) < 4.78 is 6.13. The number of carboxylic acids is 1. The number of hydrogen-bond acceptors (Lipinski definition) is 3. The van der Waals surface area contributed by atoms with Crippen molar-refractivity contribution in [3.63, 3.8) is 0 Å². The lowest BCUT2D eigenvalue weighted by Crippen LogP contribution is -2.44. The fraction of sp³-hybridized carbons (Fsp3) is 0.850. The molecular formula is C20H35NO3. The van der Waals surface area contributed by atoms with E-state index < -0.39 is 5.97 Å². The maximum atomic E-state index is 10.5. The summed E-state index contributed by atoms with van der Waals surface area (Å²) >= 11 is 0. The Labute approximate surface area is 147 Å². The lowest BCUT2D eigenvalue weighted by atomic mass is 9.82. The highest BCUT2D eigenvalue weighted by Crippen LogP contribution is 2.41. The standard InChI is InChI=1S/C20H35NO3/c1-2-3-4-7-10-15-21-20-16(17-13-14-18(20)24-17)11-8-5-6-9-12-19(22)23/h5,8,16-18,20-21H,2-4,6-7,9-15H2,1H3,(H,22,23)/b8-5-/t16-,17+,18-,20+/m0/s1. The van der Waals surface area contributed by atoms with Crippen molar-refractivity contribution in [3.8, 4) is 0 Å². The highest BCUT2D eigenvalue weighted by Gasteiger charge is 2.47. The molecule has 0 aliphatic carbocycles. The Morgan fingerprint density at radius 3 is 2.71 bits per heavy atom. The van der Waals surface area contributed by atoms with Gasteiger partial charge in [0.05, 0.1) is 12.2 Å². The number of unbranched alkanes of at least 4 members (excludes halogenated alkanes) is 5. The number of ether oxygens (including phenoxy) is 1. The number of hydrogen-bond donors (Lipinski definition) is 2. The summed E-state index contributed by atoms with van der Waals surface area (Å²) in [7, 11) is 0. The second-order valence-corrected chi connectivity index (χ2v) is 7.34. The van der Waals surface area contributed by atoms with Crippen LogP contribution in [0.5, 0.6) is 0 Å². The molecular weight excluding hydrogens is 302 g/mol. The lowest BCUT2D eigenvalue weighted by Gasteiger charge is -2.28. The molecule has 0 amide bonds. The largest absolute Gasteiger partial charge is 0.481 e. The van der Waals surface area contributed by atoms with Gasteiger partial charge >= 0.3 is 5.97 Å². The Bertz CT molecular complexity index is 396. The van der Waals surface area contributed by atoms with E-state index in [0.29, 0.717) is 24.2 Å². The van der Waals surface area contributed by atoms with Crippen LogP contribution in [0.3, 0.4) is 0 Å². The minimum atomic E-state index is -0.701. The SMILES string of the molecule is CCCCCCCN[C@@H]1[C@@H](C/C=C\CCCC(=O)O)[C@H]2CC[C@@H]1O2. The summed E-state index contributed by atoms with van der Waals surface area (Å²) in [4.78, 5) is 10.5. The van der Waals surface area contributed by atoms with Crippen molar-refractivity contribution in [1.82, 2.24) is 5.32 Å². The average molecular weight is 338 g/mol. The first-order valence-corrected chi connectivity index (χ1v) is 9.98. The maximum Gasteiger partial charge on any atom is 0.303 e. The molecule has 24 heavy (non-hydrogen) atoms. The molecule has 2 heterocycles. The second-order valence-electron chi connectivity index (χ2n) is 7.34. The maximum absolute atomic E-state index is 10.5. The van der Waals surface area contributed by atoms with Crippen molar-refractivity contribution in [1.29, 1.82) is 0 Å². The Hall–Kier alpha value is -0.870. The fourth-order valence-corrected chi connectivity index (χ4v) is 4.10. The zero-order valence-electron chi connectivity index (χ0n) is 15.2. The Morgan fingerprint density at radius 2 is 1.92 bits per heavy atom. The van der Waals surface area contributed by atoms with Gasteiger partial charge in [-0.05, 0) is 45.1 Å². The summed E-state index contributed by atoms with van der Waals surface area (Å²) in [6.07, 6.45) is 17.2. The van der Waals surface area contributed by atoms with Crippen LogP contribution in [-0.4, -0.2) is 35.9 Å². The lowest BCUT2D eigenvalue weighted by molar-refractivity contribution is -0.137. The zero-order chi connectivity index (χ0) is 17.2. The molecule has 0 spiro atoms. The van der Waals surface area contributed by atoms with Crippen LogP contribution in [0.4, 0.5) is 0 Å². The Balaban J connectivity index is 1.65. The van der Waals surface area contributed by atoms with Gasteiger partial charge in [0.25, 0.3) is 0 Å². The van der Waals surface area contributed by atoms with Crippen molar-refractivity contribution in [2.75, 3.05) is 6.54 Å². The first kappa shape index (κ1) is 19.5. The van der Waals surface area contributed by atoms with Crippen LogP contribution >= 0.6 is 0 Å². The molecule has 4 heteroatoms. The first-order chi connectivity index (χ1) is 11.7. The molecule has 2 aliphatic heterocycles. The van der Waals surface area contributed by atoms with Gasteiger partial charge in [-0.2, -0.15) is 0 Å². The Kier molecular flexibility index (Phi) is 8.82. The number of fused-ring (bicyclic) bond motifs is 2. The van der Waals surface area contributed by atoms with Gasteiger partial charge < -0.3 is 15.2 Å². The van der Waals surface area contributed by atoms with Crippen LogP contribution in [0, 0.1) is 5.92 Å². The number of aliphatic carboxylic acids is 1. The van der Waals surface area contributed by atoms with E-state index in [0.717, 1.165) is 25.8 Å². The van der Waals surface area contributed by atoms with Gasteiger partial charge in [0.1, 0.15) is 0 Å². The number of carboxylic acid groups (broad SMARTS) is 1. The van der Waals surface area contributed by atoms with Gasteiger partial charge in [-0.3, -0.25) is 4.79 Å². The molecule has 2 aliphatic rings. The molecule has 138 valence electrons. The highest BCUT2D eigenvalue weighted by atomic mass is 16.5. The van der Waals surface area contributed by atoms with E-state index in [1.807, 2.05) is 0 Å². The van der Waals surface area contributed by atoms with Crippen LogP contribution in [0.25, 0.3) is 0 Å². The summed E-state index contributed by atoms with van der Waals surface area (Å²) in [6, 6.07) is 0.513. The zero-order valence-corrected chi connectivity index (χ0v) is 15.2. The molecule has 0 aromatic carbocycles. The summed E-state index contributed by atoms with van der Waals surface area (Å²) in [5, 5.41) is 12.4. The summed E-state index contributed by atoms with van der Waals surface area (Å²) in [6.45, 7) is 3.37. The van der Waals surface area contributed by atoms with Crippen LogP contribution in [-0.2, 0) is 9.53 Å². The molecule has 0 aromatic rings. The van der Waals surface area contributed by atoms with Crippen molar-refractivity contribution in [2.24, 2.45) is 5.92 Å². The molecule has 0 unspecified atom stereocenters. The molecule has 2 rings (SSSR count). The van der Waals surface area contributed by atoms with E-state index in [4.69, 9.17) is 9.84 Å². The third-order valence-corrected chi connectivity index (χ3v) is 5.42. The normalized spacial score (nSPS) is 28.9. The third kappa shape index (κ3) is 6.21. The van der Waals surface area contributed by atoms with E-state index in [-0.39, 0.29) is 6.42 Å². The van der Waals surface area contributed by atoms with Gasteiger partial charge in [-0.25, -0.2) is 0 Å². The molecule has 0 aromatic heterocycles. The summed E-state index contributed by atoms with van der Waals surface area (Å²) in [5.74, 6) is -0.108. The number of carbonyl (C=O) groups is 1. The van der Waals surface area contributed by atoms with E-state index >= 15 is 0 Å². The predicted molar refractivity (Wildman–Crippen MR) is 97.2 cm³/mol. The second kappa shape index (κ2) is 10.9. The van der Waals surface area contributed by atoms with E-state index in [1.54, 1.807) is 0 Å². The van der Waals surface area contributed by atoms with Crippen LogP contribution in [0.1, 0.15) is 77.6 Å². The highest BCUT2D eigenvalue weighted by molar-refractivity contribution is 5.66. The van der Waals surface area contributed by atoms with Crippen LogP contribution in [0.2, 0.25) is 0 Å². The molecule has 2 N–H and O–H groups in total. The van der Waals surface area contributed by atoms with Gasteiger partial charge in [0.2, 0.25) is 0 Å². The molecule has 4 nitrogen and oxygen atoms in total. The van der Waals surface area contributed by atoms with E-state index in [2.05, 4.69) is 24.4 Å². The van der Waals surface area contributed by atoms with Crippen molar-refractivity contribution < 1.29 is 14.6 Å². The molecule has 2 fully saturated rings. The van der Waals surface area contributed by atoms with Gasteiger partial charge in [0, 0.05) is 18.4 Å². The van der Waals surface area contributed by atoms with Crippen molar-refractivity contribution >= 4 is 5.97 Å². The molecule has 4 atom stereocenters. The minimum Gasteiger partial charge on any atom is -0.481 e. The molecule has 0 saturated carbocycles.